The van der Waals surface area contributed by atoms with Crippen molar-refractivity contribution in [1.29, 1.82) is 10.5 Å². The van der Waals surface area contributed by atoms with E-state index >= 15 is 0 Å². The Kier molecular flexibility index (Phi) is 6.56. The van der Waals surface area contributed by atoms with Crippen LogP contribution in [-0.4, -0.2) is 34.1 Å². The Morgan fingerprint density at radius 1 is 1.25 bits per heavy atom. The standard InChI is InChI=1S/C22H22F3N5O2/c1-21(2)16(9-19(21)31)8-17-15(11-27)12-29-20(30-17)28-6-5-13-3-4-14(10-26)18(7-13)32-22(23,24)25/h3-4,7,12,16,19,31H,5-6,8-9H2,1-2H3,(H,28,29,30)/t16-,19+/m1/s1. The number of alkyl halides is 3. The molecule has 1 aromatic carbocycles. The van der Waals surface area contributed by atoms with Gasteiger partial charge in [0, 0.05) is 6.54 Å². The molecule has 0 amide bonds. The molecule has 32 heavy (non-hydrogen) atoms. The summed E-state index contributed by atoms with van der Waals surface area (Å²) in [6.07, 6.45) is -2.32. The van der Waals surface area contributed by atoms with Gasteiger partial charge in [-0.15, -0.1) is 13.2 Å². The summed E-state index contributed by atoms with van der Waals surface area (Å²) in [5.41, 5.74) is 1.04. The zero-order valence-electron chi connectivity index (χ0n) is 17.6. The summed E-state index contributed by atoms with van der Waals surface area (Å²) in [6, 6.07) is 7.78. The number of aliphatic hydroxyl groups is 1. The van der Waals surface area contributed by atoms with Crippen molar-refractivity contribution in [2.75, 3.05) is 11.9 Å². The number of rotatable bonds is 7. The molecule has 1 aliphatic rings. The topological polar surface area (TPSA) is 115 Å². The first-order valence-corrected chi connectivity index (χ1v) is 10.00. The Morgan fingerprint density at radius 3 is 2.56 bits per heavy atom. The number of halogens is 3. The summed E-state index contributed by atoms with van der Waals surface area (Å²) in [5.74, 6) is -0.0464. The fourth-order valence-corrected chi connectivity index (χ4v) is 3.66. The first-order valence-electron chi connectivity index (χ1n) is 10.00. The minimum atomic E-state index is -4.89. The maximum absolute atomic E-state index is 12.6. The maximum Gasteiger partial charge on any atom is 0.573 e. The van der Waals surface area contributed by atoms with Crippen molar-refractivity contribution in [2.45, 2.75) is 45.6 Å². The van der Waals surface area contributed by atoms with Crippen molar-refractivity contribution in [3.05, 3.63) is 46.8 Å². The summed E-state index contributed by atoms with van der Waals surface area (Å²) in [7, 11) is 0. The smallest absolute Gasteiger partial charge is 0.404 e. The molecule has 2 aromatic rings. The van der Waals surface area contributed by atoms with Crippen molar-refractivity contribution in [3.63, 3.8) is 0 Å². The lowest BCUT2D eigenvalue weighted by Gasteiger charge is -2.49. The minimum Gasteiger partial charge on any atom is -0.404 e. The van der Waals surface area contributed by atoms with E-state index in [0.29, 0.717) is 48.6 Å². The SMILES string of the molecule is CC1(C)[C@H](Cc2nc(NCCc3ccc(C#N)c(OC(F)(F)F)c3)ncc2C#N)C[C@@H]1O. The zero-order chi connectivity index (χ0) is 23.5. The van der Waals surface area contributed by atoms with Gasteiger partial charge in [-0.1, -0.05) is 19.9 Å². The Morgan fingerprint density at radius 2 is 1.97 bits per heavy atom. The van der Waals surface area contributed by atoms with Gasteiger partial charge in [0.25, 0.3) is 0 Å². The Labute approximate surface area is 183 Å². The number of hydrogen-bond acceptors (Lipinski definition) is 7. The summed E-state index contributed by atoms with van der Waals surface area (Å²) < 4.78 is 41.6. The van der Waals surface area contributed by atoms with Crippen LogP contribution in [0, 0.1) is 34.0 Å². The second-order valence-electron chi connectivity index (χ2n) is 8.31. The van der Waals surface area contributed by atoms with Gasteiger partial charge < -0.3 is 15.2 Å². The molecule has 0 spiro atoms. The number of aliphatic hydroxyl groups excluding tert-OH is 1. The van der Waals surface area contributed by atoms with E-state index in [9.17, 15) is 23.5 Å². The quantitative estimate of drug-likeness (QED) is 0.667. The third-order valence-electron chi connectivity index (χ3n) is 5.94. The molecule has 3 rings (SSSR count). The summed E-state index contributed by atoms with van der Waals surface area (Å²) in [5, 5.41) is 31.3. The fourth-order valence-electron chi connectivity index (χ4n) is 3.66. The highest BCUT2D eigenvalue weighted by Gasteiger charge is 2.47. The lowest BCUT2D eigenvalue weighted by Crippen LogP contribution is -2.50. The number of hydrogen-bond donors (Lipinski definition) is 2. The van der Waals surface area contributed by atoms with Crippen molar-refractivity contribution in [3.8, 4) is 17.9 Å². The average Bonchev–Trinajstić information content (AvgIpc) is 2.73. The first kappa shape index (κ1) is 23.3. The third kappa shape index (κ3) is 5.27. The second-order valence-corrected chi connectivity index (χ2v) is 8.31. The molecule has 7 nitrogen and oxygen atoms in total. The molecule has 0 saturated heterocycles. The number of benzene rings is 1. The summed E-state index contributed by atoms with van der Waals surface area (Å²) in [6.45, 7) is 4.27. The first-order chi connectivity index (χ1) is 15.0. The average molecular weight is 445 g/mol. The molecule has 2 atom stereocenters. The second kappa shape index (κ2) is 9.01. The Balaban J connectivity index is 1.66. The highest BCUT2D eigenvalue weighted by molar-refractivity contribution is 5.46. The number of nitriles is 2. The van der Waals surface area contributed by atoms with Gasteiger partial charge in [-0.25, -0.2) is 9.97 Å². The zero-order valence-corrected chi connectivity index (χ0v) is 17.6. The van der Waals surface area contributed by atoms with E-state index in [1.54, 1.807) is 12.1 Å². The number of nitrogens with zero attached hydrogens (tertiary/aromatic N) is 4. The number of nitrogens with one attached hydrogen (secondary N) is 1. The summed E-state index contributed by atoms with van der Waals surface area (Å²) in [4.78, 5) is 8.56. The molecule has 0 unspecified atom stereocenters. The van der Waals surface area contributed by atoms with Crippen LogP contribution in [-0.2, 0) is 12.8 Å². The highest BCUT2D eigenvalue weighted by Crippen LogP contribution is 2.47. The van der Waals surface area contributed by atoms with Gasteiger partial charge in [0.05, 0.1) is 29.1 Å². The van der Waals surface area contributed by atoms with Gasteiger partial charge in [-0.05, 0) is 48.3 Å². The largest absolute Gasteiger partial charge is 0.573 e. The predicted molar refractivity (Wildman–Crippen MR) is 108 cm³/mol. The molecule has 1 aromatic heterocycles. The highest BCUT2D eigenvalue weighted by atomic mass is 19.4. The monoisotopic (exact) mass is 445 g/mol. The van der Waals surface area contributed by atoms with E-state index in [2.05, 4.69) is 26.1 Å². The Bertz CT molecular complexity index is 1070. The fraction of sp³-hybridized carbons (Fsp3) is 0.455. The molecule has 1 fully saturated rings. The maximum atomic E-state index is 12.6. The van der Waals surface area contributed by atoms with Crippen LogP contribution >= 0.6 is 0 Å². The van der Waals surface area contributed by atoms with E-state index in [1.165, 1.54) is 18.3 Å². The van der Waals surface area contributed by atoms with Gasteiger partial charge in [-0.3, -0.25) is 0 Å². The van der Waals surface area contributed by atoms with E-state index in [1.807, 2.05) is 13.8 Å². The predicted octanol–water partition coefficient (Wildman–Crippen LogP) is 3.72. The van der Waals surface area contributed by atoms with E-state index < -0.39 is 12.1 Å². The van der Waals surface area contributed by atoms with Crippen LogP contribution in [0.25, 0.3) is 0 Å². The molecule has 10 heteroatoms. The van der Waals surface area contributed by atoms with Crippen LogP contribution in [0.1, 0.15) is 42.7 Å². The van der Waals surface area contributed by atoms with Crippen LogP contribution in [0.5, 0.6) is 5.75 Å². The van der Waals surface area contributed by atoms with Crippen LogP contribution < -0.4 is 10.1 Å². The number of ether oxygens (including phenoxy) is 1. The molecular weight excluding hydrogens is 423 g/mol. The van der Waals surface area contributed by atoms with Crippen molar-refractivity contribution >= 4 is 5.95 Å². The van der Waals surface area contributed by atoms with Crippen LogP contribution in [0.2, 0.25) is 0 Å². The van der Waals surface area contributed by atoms with E-state index in [4.69, 9.17) is 5.26 Å². The molecule has 0 radical (unpaired) electrons. The molecule has 0 aliphatic heterocycles. The lowest BCUT2D eigenvalue weighted by molar-refractivity contribution is -0.274. The molecule has 168 valence electrons. The van der Waals surface area contributed by atoms with Gasteiger partial charge in [0.1, 0.15) is 17.9 Å². The summed E-state index contributed by atoms with van der Waals surface area (Å²) >= 11 is 0. The van der Waals surface area contributed by atoms with Gasteiger partial charge in [0.2, 0.25) is 5.95 Å². The molecule has 1 heterocycles. The van der Waals surface area contributed by atoms with E-state index in [0.717, 1.165) is 0 Å². The van der Waals surface area contributed by atoms with Crippen molar-refractivity contribution in [1.82, 2.24) is 9.97 Å². The van der Waals surface area contributed by atoms with Gasteiger partial charge in [-0.2, -0.15) is 10.5 Å². The number of anilines is 1. The lowest BCUT2D eigenvalue weighted by atomic mass is 9.58. The number of aromatic nitrogens is 2. The van der Waals surface area contributed by atoms with Gasteiger partial charge in [0.15, 0.2) is 0 Å². The molecule has 0 bridgehead atoms. The molecule has 1 aliphatic carbocycles. The van der Waals surface area contributed by atoms with E-state index in [-0.39, 0.29) is 23.0 Å². The van der Waals surface area contributed by atoms with Crippen molar-refractivity contribution in [2.24, 2.45) is 11.3 Å². The molecular formula is C22H22F3N5O2. The van der Waals surface area contributed by atoms with Crippen LogP contribution in [0.3, 0.4) is 0 Å². The molecule has 1 saturated carbocycles. The normalized spacial score (nSPS) is 19.4. The Hall–Kier alpha value is -3.37. The minimum absolute atomic E-state index is 0.193. The van der Waals surface area contributed by atoms with Crippen LogP contribution in [0.4, 0.5) is 19.1 Å². The van der Waals surface area contributed by atoms with Crippen molar-refractivity contribution < 1.29 is 23.0 Å². The molecule has 2 N–H and O–H groups in total. The van der Waals surface area contributed by atoms with Crippen LogP contribution in [0.15, 0.2) is 24.4 Å². The third-order valence-corrected chi connectivity index (χ3v) is 5.94. The van der Waals surface area contributed by atoms with Gasteiger partial charge >= 0.3 is 6.36 Å².